The third-order valence-electron chi connectivity index (χ3n) is 9.39. The Morgan fingerprint density at radius 1 is 0.360 bits per heavy atom. The summed E-state index contributed by atoms with van der Waals surface area (Å²) in [5, 5.41) is 4.50. The summed E-state index contributed by atoms with van der Waals surface area (Å²) in [6, 6.07) is 58.4. The highest BCUT2D eigenvalue weighted by Gasteiger charge is 2.22. The second-order valence-electron chi connectivity index (χ2n) is 12.3. The number of hydrogen-bond acceptors (Lipinski definition) is 4. The van der Waals surface area contributed by atoms with Gasteiger partial charge in [0.2, 0.25) is 5.95 Å². The Kier molecular flexibility index (Phi) is 6.39. The van der Waals surface area contributed by atoms with Gasteiger partial charge in [-0.1, -0.05) is 133 Å². The lowest BCUT2D eigenvalue weighted by molar-refractivity contribution is 0.953. The largest absolute Gasteiger partial charge is 0.294 e. The average molecular weight is 641 g/mol. The monoisotopic (exact) mass is 640 g/mol. The van der Waals surface area contributed by atoms with E-state index in [9.17, 15) is 0 Å². The molecule has 4 heterocycles. The van der Waals surface area contributed by atoms with E-state index in [4.69, 9.17) is 19.9 Å². The Hall–Kier alpha value is -6.92. The van der Waals surface area contributed by atoms with Crippen molar-refractivity contribution in [2.75, 3.05) is 0 Å². The average Bonchev–Trinajstić information content (AvgIpc) is 3.71. The molecule has 234 valence electrons. The predicted octanol–water partition coefficient (Wildman–Crippen LogP) is 10.5. The molecule has 0 unspecified atom stereocenters. The van der Waals surface area contributed by atoms with E-state index in [0.717, 1.165) is 66.4 Å². The van der Waals surface area contributed by atoms with Crippen molar-refractivity contribution < 1.29 is 0 Å². The number of rotatable bonds is 5. The molecule has 0 saturated carbocycles. The molecule has 6 heteroatoms. The van der Waals surface area contributed by atoms with Crippen LogP contribution in [0.3, 0.4) is 0 Å². The minimum absolute atomic E-state index is 0.552. The zero-order valence-corrected chi connectivity index (χ0v) is 26.8. The fourth-order valence-corrected chi connectivity index (χ4v) is 7.16. The molecule has 0 saturated heterocycles. The topological polar surface area (TPSA) is 61.4 Å². The summed E-state index contributed by atoms with van der Waals surface area (Å²) in [4.78, 5) is 20.7. The van der Waals surface area contributed by atoms with Gasteiger partial charge in [-0.05, 0) is 36.4 Å². The van der Waals surface area contributed by atoms with E-state index >= 15 is 0 Å². The number of fused-ring (bicyclic) bond motifs is 6. The molecule has 6 aromatic carbocycles. The molecular formula is C44H28N6. The van der Waals surface area contributed by atoms with Gasteiger partial charge in [0.25, 0.3) is 0 Å². The van der Waals surface area contributed by atoms with Gasteiger partial charge in [0.1, 0.15) is 5.65 Å². The van der Waals surface area contributed by atoms with Crippen LogP contribution in [0, 0.1) is 0 Å². The molecule has 10 rings (SSSR count). The number of hydrogen-bond donors (Lipinski definition) is 0. The van der Waals surface area contributed by atoms with E-state index < -0.39 is 0 Å². The summed E-state index contributed by atoms with van der Waals surface area (Å²) in [6.45, 7) is 0. The van der Waals surface area contributed by atoms with Gasteiger partial charge >= 0.3 is 0 Å². The van der Waals surface area contributed by atoms with E-state index in [2.05, 4.69) is 112 Å². The highest BCUT2D eigenvalue weighted by Crippen LogP contribution is 2.39. The van der Waals surface area contributed by atoms with Crippen molar-refractivity contribution in [3.8, 4) is 45.7 Å². The van der Waals surface area contributed by atoms with Gasteiger partial charge in [-0.15, -0.1) is 0 Å². The van der Waals surface area contributed by atoms with Crippen molar-refractivity contribution in [3.05, 3.63) is 170 Å². The van der Waals surface area contributed by atoms with Crippen molar-refractivity contribution in [2.45, 2.75) is 0 Å². The standard InChI is InChI=1S/C44H28N6/c1-4-15-29(16-5-1)41-46-42(30-17-6-2-7-18-30)48-44(47-41)50-39-26-13-10-21-32(39)34-23-14-24-36(40(34)50)37-28-27-35-33-22-11-12-25-38(33)49(43(35)45-37)31-19-8-3-9-20-31/h1-28H. The molecule has 0 N–H and O–H groups in total. The SMILES string of the molecule is c1ccc(-c2nc(-c3ccccc3)nc(-n3c4ccccc4c4cccc(-c5ccc6c7ccccc7n(-c7ccccc7)c6n5)c43)n2)cc1. The van der Waals surface area contributed by atoms with Gasteiger partial charge in [0, 0.05) is 43.9 Å². The maximum Gasteiger partial charge on any atom is 0.238 e. The Balaban J connectivity index is 1.28. The van der Waals surface area contributed by atoms with Crippen LogP contribution < -0.4 is 0 Å². The van der Waals surface area contributed by atoms with Gasteiger partial charge in [0.05, 0.1) is 22.2 Å². The van der Waals surface area contributed by atoms with E-state index in [1.165, 1.54) is 5.39 Å². The van der Waals surface area contributed by atoms with Crippen molar-refractivity contribution in [2.24, 2.45) is 0 Å². The first-order valence-corrected chi connectivity index (χ1v) is 16.7. The number of benzene rings is 6. The van der Waals surface area contributed by atoms with Gasteiger partial charge in [0.15, 0.2) is 11.6 Å². The molecule has 4 aromatic heterocycles. The first-order valence-electron chi connectivity index (χ1n) is 16.7. The first kappa shape index (κ1) is 28.1. The van der Waals surface area contributed by atoms with Gasteiger partial charge in [-0.2, -0.15) is 9.97 Å². The normalized spacial score (nSPS) is 11.6. The zero-order valence-electron chi connectivity index (χ0n) is 26.8. The number of para-hydroxylation sites is 4. The molecule has 50 heavy (non-hydrogen) atoms. The molecule has 0 aliphatic carbocycles. The lowest BCUT2D eigenvalue weighted by Crippen LogP contribution is -2.07. The Labute approximate surface area is 287 Å². The van der Waals surface area contributed by atoms with E-state index in [1.807, 2.05) is 66.7 Å². The molecule has 0 fully saturated rings. The van der Waals surface area contributed by atoms with Gasteiger partial charge < -0.3 is 0 Å². The van der Waals surface area contributed by atoms with Crippen molar-refractivity contribution in [1.29, 1.82) is 0 Å². The molecule has 0 spiro atoms. The number of nitrogens with zero attached hydrogens (tertiary/aromatic N) is 6. The number of aromatic nitrogens is 6. The molecule has 10 aromatic rings. The minimum Gasteiger partial charge on any atom is -0.294 e. The Morgan fingerprint density at radius 3 is 1.56 bits per heavy atom. The van der Waals surface area contributed by atoms with Gasteiger partial charge in [-0.25, -0.2) is 9.97 Å². The summed E-state index contributed by atoms with van der Waals surface area (Å²) in [5.41, 5.74) is 8.82. The molecule has 0 radical (unpaired) electrons. The molecule has 0 aliphatic heterocycles. The predicted molar refractivity (Wildman–Crippen MR) is 203 cm³/mol. The summed E-state index contributed by atoms with van der Waals surface area (Å²) in [6.07, 6.45) is 0. The highest BCUT2D eigenvalue weighted by molar-refractivity contribution is 6.14. The van der Waals surface area contributed by atoms with Crippen LogP contribution in [-0.2, 0) is 0 Å². The third kappa shape index (κ3) is 4.43. The highest BCUT2D eigenvalue weighted by atomic mass is 15.2. The van der Waals surface area contributed by atoms with Crippen LogP contribution >= 0.6 is 0 Å². The van der Waals surface area contributed by atoms with Crippen molar-refractivity contribution in [1.82, 2.24) is 29.1 Å². The number of pyridine rings is 1. The minimum atomic E-state index is 0.552. The van der Waals surface area contributed by atoms with Crippen LogP contribution in [0.1, 0.15) is 0 Å². The molecule has 0 amide bonds. The molecule has 0 bridgehead atoms. The van der Waals surface area contributed by atoms with Crippen LogP contribution in [0.25, 0.3) is 89.4 Å². The van der Waals surface area contributed by atoms with Crippen molar-refractivity contribution >= 4 is 43.7 Å². The first-order chi connectivity index (χ1) is 24.8. The van der Waals surface area contributed by atoms with Crippen LogP contribution in [0.4, 0.5) is 0 Å². The van der Waals surface area contributed by atoms with E-state index in [1.54, 1.807) is 0 Å². The molecule has 0 aliphatic rings. The van der Waals surface area contributed by atoms with Crippen molar-refractivity contribution in [3.63, 3.8) is 0 Å². The second-order valence-corrected chi connectivity index (χ2v) is 12.3. The van der Waals surface area contributed by atoms with Crippen LogP contribution in [0.2, 0.25) is 0 Å². The Morgan fingerprint density at radius 2 is 0.900 bits per heavy atom. The molecular weight excluding hydrogens is 613 g/mol. The fourth-order valence-electron chi connectivity index (χ4n) is 7.16. The van der Waals surface area contributed by atoms with E-state index in [0.29, 0.717) is 17.6 Å². The quantitative estimate of drug-likeness (QED) is 0.188. The maximum atomic E-state index is 5.44. The summed E-state index contributed by atoms with van der Waals surface area (Å²) in [7, 11) is 0. The van der Waals surface area contributed by atoms with Crippen LogP contribution in [-0.4, -0.2) is 29.1 Å². The summed E-state index contributed by atoms with van der Waals surface area (Å²) >= 11 is 0. The second kappa shape index (κ2) is 11.4. The lowest BCUT2D eigenvalue weighted by Gasteiger charge is -2.13. The maximum absolute atomic E-state index is 5.44. The summed E-state index contributed by atoms with van der Waals surface area (Å²) < 4.78 is 4.44. The van der Waals surface area contributed by atoms with E-state index in [-0.39, 0.29) is 0 Å². The summed E-state index contributed by atoms with van der Waals surface area (Å²) in [5.74, 6) is 1.78. The van der Waals surface area contributed by atoms with Crippen LogP contribution in [0.15, 0.2) is 170 Å². The lowest BCUT2D eigenvalue weighted by atomic mass is 10.1. The van der Waals surface area contributed by atoms with Crippen LogP contribution in [0.5, 0.6) is 0 Å². The zero-order chi connectivity index (χ0) is 33.0. The molecule has 6 nitrogen and oxygen atoms in total. The fraction of sp³-hybridized carbons (Fsp3) is 0. The third-order valence-corrected chi connectivity index (χ3v) is 9.39. The van der Waals surface area contributed by atoms with Gasteiger partial charge in [-0.3, -0.25) is 9.13 Å². The smallest absolute Gasteiger partial charge is 0.238 e. The molecule has 0 atom stereocenters. The Bertz CT molecular complexity index is 2800.